The highest BCUT2D eigenvalue weighted by atomic mass is 16.2. The lowest BCUT2D eigenvalue weighted by Crippen LogP contribution is -2.47. The second-order valence-electron chi connectivity index (χ2n) is 2.80. The van der Waals surface area contributed by atoms with Gasteiger partial charge in [-0.25, -0.2) is 0 Å². The predicted molar refractivity (Wildman–Crippen MR) is 36.4 cm³/mol. The van der Waals surface area contributed by atoms with Gasteiger partial charge in [0.2, 0.25) is 5.91 Å². The molecule has 0 saturated carbocycles. The van der Waals surface area contributed by atoms with Gasteiger partial charge in [-0.3, -0.25) is 9.59 Å². The molecule has 10 heavy (non-hydrogen) atoms. The van der Waals surface area contributed by atoms with Crippen LogP contribution in [0.2, 0.25) is 0 Å². The lowest BCUT2D eigenvalue weighted by Gasteiger charge is -2.22. The Morgan fingerprint density at radius 3 is 2.50 bits per heavy atom. The molecule has 1 fully saturated rings. The Kier molecular flexibility index (Phi) is 1.74. The first-order chi connectivity index (χ1) is 4.61. The maximum absolute atomic E-state index is 10.9. The molecule has 0 spiro atoms. The largest absolute Gasteiger partial charge is 0.346 e. The van der Waals surface area contributed by atoms with E-state index in [0.717, 1.165) is 0 Å². The van der Waals surface area contributed by atoms with Crippen molar-refractivity contribution in [1.29, 1.82) is 0 Å². The lowest BCUT2D eigenvalue weighted by atomic mass is 9.95. The SMILES string of the molecule is CC1CC(=O)C(C)NC1=O. The van der Waals surface area contributed by atoms with E-state index in [2.05, 4.69) is 5.32 Å². The molecule has 56 valence electrons. The van der Waals surface area contributed by atoms with Gasteiger partial charge in [0.15, 0.2) is 5.78 Å². The Morgan fingerprint density at radius 1 is 1.40 bits per heavy atom. The molecule has 3 nitrogen and oxygen atoms in total. The predicted octanol–water partition coefficient (Wildman–Crippen LogP) is 0.1000. The van der Waals surface area contributed by atoms with Crippen LogP contribution in [0.1, 0.15) is 20.3 Å². The molecule has 3 heteroatoms. The zero-order valence-corrected chi connectivity index (χ0v) is 6.18. The summed E-state index contributed by atoms with van der Waals surface area (Å²) in [6.07, 6.45) is 0.396. The van der Waals surface area contributed by atoms with Gasteiger partial charge in [-0.1, -0.05) is 6.92 Å². The van der Waals surface area contributed by atoms with Crippen LogP contribution in [0.3, 0.4) is 0 Å². The average molecular weight is 141 g/mol. The molecule has 0 radical (unpaired) electrons. The van der Waals surface area contributed by atoms with E-state index >= 15 is 0 Å². The van der Waals surface area contributed by atoms with Crippen LogP contribution in [0.5, 0.6) is 0 Å². The third kappa shape index (κ3) is 1.17. The zero-order valence-electron chi connectivity index (χ0n) is 6.18. The fourth-order valence-electron chi connectivity index (χ4n) is 1.01. The summed E-state index contributed by atoms with van der Waals surface area (Å²) in [6, 6.07) is -0.274. The molecule has 0 aromatic heterocycles. The summed E-state index contributed by atoms with van der Waals surface area (Å²) >= 11 is 0. The normalized spacial score (nSPS) is 33.8. The van der Waals surface area contributed by atoms with Gasteiger partial charge in [0.05, 0.1) is 6.04 Å². The van der Waals surface area contributed by atoms with E-state index < -0.39 is 0 Å². The maximum atomic E-state index is 10.9. The zero-order chi connectivity index (χ0) is 7.72. The highest BCUT2D eigenvalue weighted by Gasteiger charge is 2.27. The molecular weight excluding hydrogens is 130 g/mol. The first kappa shape index (κ1) is 7.25. The minimum atomic E-state index is -0.274. The van der Waals surface area contributed by atoms with Crippen molar-refractivity contribution in [1.82, 2.24) is 5.32 Å². The average Bonchev–Trinajstić information content (AvgIpc) is 1.84. The molecule has 0 aromatic rings. The molecule has 0 aromatic carbocycles. The van der Waals surface area contributed by atoms with Gasteiger partial charge < -0.3 is 5.32 Å². The fraction of sp³-hybridized carbons (Fsp3) is 0.714. The van der Waals surface area contributed by atoms with E-state index in [4.69, 9.17) is 0 Å². The van der Waals surface area contributed by atoms with Gasteiger partial charge in [0.1, 0.15) is 0 Å². The molecule has 0 aliphatic carbocycles. The fourth-order valence-corrected chi connectivity index (χ4v) is 1.01. The topological polar surface area (TPSA) is 46.2 Å². The molecule has 1 aliphatic rings. The molecule has 1 N–H and O–H groups in total. The first-order valence-corrected chi connectivity index (χ1v) is 3.44. The van der Waals surface area contributed by atoms with Crippen LogP contribution < -0.4 is 5.32 Å². The maximum Gasteiger partial charge on any atom is 0.223 e. The van der Waals surface area contributed by atoms with Gasteiger partial charge in [0.25, 0.3) is 0 Å². The number of rotatable bonds is 0. The first-order valence-electron chi connectivity index (χ1n) is 3.44. The number of ketones is 1. The van der Waals surface area contributed by atoms with E-state index in [9.17, 15) is 9.59 Å². The molecular formula is C7H11NO2. The second kappa shape index (κ2) is 2.40. The summed E-state index contributed by atoms with van der Waals surface area (Å²) in [4.78, 5) is 21.8. The van der Waals surface area contributed by atoms with Crippen LogP contribution >= 0.6 is 0 Å². The number of carbonyl (C=O) groups is 2. The van der Waals surface area contributed by atoms with Crippen LogP contribution in [0.4, 0.5) is 0 Å². The smallest absolute Gasteiger partial charge is 0.223 e. The van der Waals surface area contributed by atoms with Crippen LogP contribution in [0.25, 0.3) is 0 Å². The number of carbonyl (C=O) groups excluding carboxylic acids is 2. The number of amides is 1. The van der Waals surface area contributed by atoms with E-state index in [0.29, 0.717) is 6.42 Å². The molecule has 1 aliphatic heterocycles. The van der Waals surface area contributed by atoms with E-state index in [-0.39, 0.29) is 23.7 Å². The molecule has 1 saturated heterocycles. The van der Waals surface area contributed by atoms with Gasteiger partial charge in [-0.15, -0.1) is 0 Å². The van der Waals surface area contributed by atoms with Crippen molar-refractivity contribution in [3.63, 3.8) is 0 Å². The van der Waals surface area contributed by atoms with E-state index in [1.165, 1.54) is 0 Å². The van der Waals surface area contributed by atoms with E-state index in [1.54, 1.807) is 13.8 Å². The minimum Gasteiger partial charge on any atom is -0.346 e. The Labute approximate surface area is 59.8 Å². The number of hydrogen-bond acceptors (Lipinski definition) is 2. The summed E-state index contributed by atoms with van der Waals surface area (Å²) in [5.74, 6) is -0.0112. The molecule has 1 heterocycles. The van der Waals surface area contributed by atoms with Crippen molar-refractivity contribution in [3.8, 4) is 0 Å². The Hall–Kier alpha value is -0.860. The van der Waals surface area contributed by atoms with Crippen molar-refractivity contribution >= 4 is 11.7 Å². The lowest BCUT2D eigenvalue weighted by molar-refractivity contribution is -0.135. The Bertz CT molecular complexity index is 156. The van der Waals surface area contributed by atoms with Crippen molar-refractivity contribution in [2.24, 2.45) is 5.92 Å². The summed E-state index contributed by atoms with van der Waals surface area (Å²) in [5, 5.41) is 2.59. The number of piperidine rings is 1. The Balaban J connectivity index is 2.63. The third-order valence-corrected chi connectivity index (χ3v) is 1.80. The minimum absolute atomic E-state index is 0.00731. The molecule has 1 rings (SSSR count). The van der Waals surface area contributed by atoms with Gasteiger partial charge in [0, 0.05) is 12.3 Å². The second-order valence-corrected chi connectivity index (χ2v) is 2.80. The summed E-state index contributed by atoms with van der Waals surface area (Å²) < 4.78 is 0. The van der Waals surface area contributed by atoms with Gasteiger partial charge in [-0.05, 0) is 6.92 Å². The summed E-state index contributed by atoms with van der Waals surface area (Å²) in [6.45, 7) is 3.48. The number of nitrogens with one attached hydrogen (secondary N) is 1. The van der Waals surface area contributed by atoms with E-state index in [1.807, 2.05) is 0 Å². The summed E-state index contributed by atoms with van der Waals surface area (Å²) in [7, 11) is 0. The Morgan fingerprint density at radius 2 is 2.00 bits per heavy atom. The molecule has 1 amide bonds. The van der Waals surface area contributed by atoms with Crippen LogP contribution in [-0.4, -0.2) is 17.7 Å². The quantitative estimate of drug-likeness (QED) is 0.520. The number of hydrogen-bond donors (Lipinski definition) is 1. The highest BCUT2D eigenvalue weighted by Crippen LogP contribution is 2.10. The highest BCUT2D eigenvalue weighted by molar-refractivity contribution is 5.96. The molecule has 0 bridgehead atoms. The number of Topliss-reactive ketones (excluding diaryl/α,β-unsaturated/α-hetero) is 1. The third-order valence-electron chi connectivity index (χ3n) is 1.80. The van der Waals surface area contributed by atoms with Gasteiger partial charge in [-0.2, -0.15) is 0 Å². The molecule has 2 atom stereocenters. The van der Waals surface area contributed by atoms with Crippen LogP contribution in [0, 0.1) is 5.92 Å². The monoisotopic (exact) mass is 141 g/mol. The molecule has 2 unspecified atom stereocenters. The van der Waals surface area contributed by atoms with Crippen LogP contribution in [-0.2, 0) is 9.59 Å². The van der Waals surface area contributed by atoms with Crippen molar-refractivity contribution in [2.75, 3.05) is 0 Å². The van der Waals surface area contributed by atoms with Crippen LogP contribution in [0.15, 0.2) is 0 Å². The van der Waals surface area contributed by atoms with Crippen molar-refractivity contribution in [3.05, 3.63) is 0 Å². The summed E-state index contributed by atoms with van der Waals surface area (Å²) in [5.41, 5.74) is 0. The van der Waals surface area contributed by atoms with Crippen molar-refractivity contribution < 1.29 is 9.59 Å². The van der Waals surface area contributed by atoms with Gasteiger partial charge >= 0.3 is 0 Å². The standard InChI is InChI=1S/C7H11NO2/c1-4-3-6(9)5(2)8-7(4)10/h4-5H,3H2,1-2H3,(H,8,10). The van der Waals surface area contributed by atoms with Crippen molar-refractivity contribution in [2.45, 2.75) is 26.3 Å².